The Bertz CT molecular complexity index is 679. The quantitative estimate of drug-likeness (QED) is 0.933. The first-order chi connectivity index (χ1) is 10.6. The summed E-state index contributed by atoms with van der Waals surface area (Å²) in [5.74, 6) is 0. The Hall–Kier alpha value is -2.30. The van der Waals surface area contributed by atoms with E-state index in [0.29, 0.717) is 0 Å². The van der Waals surface area contributed by atoms with Crippen LogP contribution in [0.1, 0.15) is 45.9 Å². The summed E-state index contributed by atoms with van der Waals surface area (Å²) in [6.45, 7) is 11.4. The molecule has 0 spiro atoms. The first kappa shape index (κ1) is 17.1. The van der Waals surface area contributed by atoms with Gasteiger partial charge in [0, 0.05) is 11.9 Å². The Morgan fingerprint density at radius 1 is 1.13 bits per heavy atom. The van der Waals surface area contributed by atoms with Gasteiger partial charge in [0.1, 0.15) is 5.60 Å². The van der Waals surface area contributed by atoms with E-state index in [1.165, 1.54) is 5.56 Å². The summed E-state index contributed by atoms with van der Waals surface area (Å²) >= 11 is 0. The summed E-state index contributed by atoms with van der Waals surface area (Å²) in [5.41, 5.74) is 1.85. The second-order valence-corrected chi connectivity index (χ2v) is 7.25. The highest BCUT2D eigenvalue weighted by Gasteiger charge is 2.28. The van der Waals surface area contributed by atoms with Crippen LogP contribution in [0.15, 0.2) is 36.8 Å². The van der Waals surface area contributed by atoms with E-state index in [0.717, 1.165) is 11.4 Å². The molecule has 1 N–H and O–H groups in total. The predicted octanol–water partition coefficient (Wildman–Crippen LogP) is 3.94. The molecular weight excluding hydrogens is 290 g/mol. The van der Waals surface area contributed by atoms with Crippen LogP contribution in [-0.2, 0) is 10.3 Å². The third kappa shape index (κ3) is 4.58. The Kier molecular flexibility index (Phi) is 4.50. The van der Waals surface area contributed by atoms with Crippen molar-refractivity contribution in [3.63, 3.8) is 0 Å². The number of amides is 1. The number of ether oxygens (including phenoxy) is 1. The monoisotopic (exact) mass is 315 g/mol. The smallest absolute Gasteiger partial charge is 0.408 e. The topological polar surface area (TPSA) is 56.2 Å². The van der Waals surface area contributed by atoms with Crippen LogP contribution in [0.4, 0.5) is 4.79 Å². The first-order valence-corrected chi connectivity index (χ1v) is 7.69. The number of aryl methyl sites for hydroxylation is 1. The van der Waals surface area contributed by atoms with Gasteiger partial charge < -0.3 is 14.6 Å². The van der Waals surface area contributed by atoms with Gasteiger partial charge in [-0.3, -0.25) is 0 Å². The average molecular weight is 315 g/mol. The highest BCUT2D eigenvalue weighted by Crippen LogP contribution is 2.21. The lowest BCUT2D eigenvalue weighted by Crippen LogP contribution is -2.44. The molecule has 1 heterocycles. The molecule has 0 saturated carbocycles. The van der Waals surface area contributed by atoms with E-state index in [2.05, 4.69) is 29.4 Å². The Morgan fingerprint density at radius 3 is 2.30 bits per heavy atom. The van der Waals surface area contributed by atoms with Gasteiger partial charge in [-0.1, -0.05) is 17.7 Å². The molecule has 0 fully saturated rings. The van der Waals surface area contributed by atoms with Crippen molar-refractivity contribution in [1.82, 2.24) is 14.9 Å². The maximum absolute atomic E-state index is 12.0. The zero-order chi connectivity index (χ0) is 17.3. The molecule has 0 bridgehead atoms. The average Bonchev–Trinajstić information content (AvgIpc) is 2.86. The Balaban J connectivity index is 2.14. The number of carbonyl (C=O) groups excluding carboxylic acids is 1. The number of rotatable bonds is 3. The van der Waals surface area contributed by atoms with Crippen molar-refractivity contribution in [2.24, 2.45) is 0 Å². The van der Waals surface area contributed by atoms with Crippen LogP contribution < -0.4 is 5.32 Å². The molecule has 1 aromatic heterocycles. The second-order valence-electron chi connectivity index (χ2n) is 7.25. The molecule has 0 unspecified atom stereocenters. The van der Waals surface area contributed by atoms with Gasteiger partial charge in [0.15, 0.2) is 0 Å². The van der Waals surface area contributed by atoms with E-state index in [9.17, 15) is 4.79 Å². The van der Waals surface area contributed by atoms with Gasteiger partial charge in [-0.25, -0.2) is 9.78 Å². The molecule has 0 saturated heterocycles. The van der Waals surface area contributed by atoms with Crippen LogP contribution in [0.2, 0.25) is 0 Å². The van der Waals surface area contributed by atoms with Gasteiger partial charge in [0.2, 0.25) is 0 Å². The maximum Gasteiger partial charge on any atom is 0.408 e. The molecule has 0 radical (unpaired) electrons. The molecule has 5 nitrogen and oxygen atoms in total. The van der Waals surface area contributed by atoms with Crippen molar-refractivity contribution in [2.75, 3.05) is 0 Å². The van der Waals surface area contributed by atoms with Crippen molar-refractivity contribution in [3.05, 3.63) is 48.0 Å². The number of nitrogens with one attached hydrogen (secondary N) is 1. The molecular formula is C18H25N3O2. The molecule has 0 aliphatic heterocycles. The molecule has 1 amide bonds. The van der Waals surface area contributed by atoms with Gasteiger partial charge in [0.05, 0.1) is 17.6 Å². The van der Waals surface area contributed by atoms with Crippen molar-refractivity contribution in [2.45, 2.75) is 52.7 Å². The van der Waals surface area contributed by atoms with Crippen molar-refractivity contribution < 1.29 is 9.53 Å². The van der Waals surface area contributed by atoms with Crippen LogP contribution in [0.3, 0.4) is 0 Å². The normalized spacial score (nSPS) is 12.1. The number of carbonyl (C=O) groups is 1. The summed E-state index contributed by atoms with van der Waals surface area (Å²) in [7, 11) is 0. The van der Waals surface area contributed by atoms with E-state index < -0.39 is 17.2 Å². The molecule has 124 valence electrons. The molecule has 2 aromatic rings. The molecule has 0 aliphatic carbocycles. The summed E-state index contributed by atoms with van der Waals surface area (Å²) in [6.07, 6.45) is 3.22. The standard InChI is InChI=1S/C18H25N3O2/c1-13-7-9-14(10-8-13)21-11-15(19-12-21)18(5,6)20-16(22)23-17(2,3)4/h7-12H,1-6H3,(H,20,22). The largest absolute Gasteiger partial charge is 0.444 e. The second kappa shape index (κ2) is 6.07. The van der Waals surface area contributed by atoms with Gasteiger partial charge in [0.25, 0.3) is 0 Å². The minimum absolute atomic E-state index is 0.451. The van der Waals surface area contributed by atoms with E-state index in [1.54, 1.807) is 6.33 Å². The summed E-state index contributed by atoms with van der Waals surface area (Å²) in [4.78, 5) is 16.4. The highest BCUT2D eigenvalue weighted by molar-refractivity contribution is 5.68. The van der Waals surface area contributed by atoms with Crippen LogP contribution in [0, 0.1) is 6.92 Å². The third-order valence-corrected chi connectivity index (χ3v) is 3.37. The van der Waals surface area contributed by atoms with Crippen LogP contribution in [-0.4, -0.2) is 21.2 Å². The van der Waals surface area contributed by atoms with E-state index in [-0.39, 0.29) is 0 Å². The van der Waals surface area contributed by atoms with Crippen molar-refractivity contribution >= 4 is 6.09 Å². The van der Waals surface area contributed by atoms with Crippen LogP contribution in [0.25, 0.3) is 5.69 Å². The first-order valence-electron chi connectivity index (χ1n) is 7.69. The number of alkyl carbamates (subject to hydrolysis) is 1. The van der Waals surface area contributed by atoms with Gasteiger partial charge in [-0.15, -0.1) is 0 Å². The lowest BCUT2D eigenvalue weighted by Gasteiger charge is -2.27. The molecule has 0 atom stereocenters. The van der Waals surface area contributed by atoms with Crippen molar-refractivity contribution in [1.29, 1.82) is 0 Å². The summed E-state index contributed by atoms with van der Waals surface area (Å²) in [6, 6.07) is 8.18. The zero-order valence-corrected chi connectivity index (χ0v) is 14.7. The fourth-order valence-corrected chi connectivity index (χ4v) is 2.13. The third-order valence-electron chi connectivity index (χ3n) is 3.37. The number of benzene rings is 1. The predicted molar refractivity (Wildman–Crippen MR) is 90.7 cm³/mol. The number of aromatic nitrogens is 2. The maximum atomic E-state index is 12.0. The summed E-state index contributed by atoms with van der Waals surface area (Å²) in [5, 5.41) is 2.87. The van der Waals surface area contributed by atoms with Crippen LogP contribution in [0.5, 0.6) is 0 Å². The van der Waals surface area contributed by atoms with Gasteiger partial charge >= 0.3 is 6.09 Å². The summed E-state index contributed by atoms with van der Waals surface area (Å²) < 4.78 is 7.25. The molecule has 23 heavy (non-hydrogen) atoms. The molecule has 5 heteroatoms. The fraction of sp³-hybridized carbons (Fsp3) is 0.444. The van der Waals surface area contributed by atoms with Gasteiger partial charge in [-0.05, 0) is 53.7 Å². The lowest BCUT2D eigenvalue weighted by molar-refractivity contribution is 0.0468. The van der Waals surface area contributed by atoms with E-state index in [4.69, 9.17) is 4.74 Å². The number of hydrogen-bond acceptors (Lipinski definition) is 3. The lowest BCUT2D eigenvalue weighted by atomic mass is 10.0. The number of imidazole rings is 1. The zero-order valence-electron chi connectivity index (χ0n) is 14.7. The van der Waals surface area contributed by atoms with E-state index in [1.807, 2.05) is 57.5 Å². The van der Waals surface area contributed by atoms with Gasteiger partial charge in [-0.2, -0.15) is 0 Å². The Labute approximate surface area is 137 Å². The van der Waals surface area contributed by atoms with Crippen LogP contribution >= 0.6 is 0 Å². The minimum atomic E-state index is -0.627. The van der Waals surface area contributed by atoms with Crippen molar-refractivity contribution in [3.8, 4) is 5.69 Å². The fourth-order valence-electron chi connectivity index (χ4n) is 2.13. The number of nitrogens with zero attached hydrogens (tertiary/aromatic N) is 2. The van der Waals surface area contributed by atoms with E-state index >= 15 is 0 Å². The Morgan fingerprint density at radius 2 is 1.74 bits per heavy atom. The number of hydrogen-bond donors (Lipinski definition) is 1. The highest BCUT2D eigenvalue weighted by atomic mass is 16.6. The molecule has 0 aliphatic rings. The minimum Gasteiger partial charge on any atom is -0.444 e. The SMILES string of the molecule is Cc1ccc(-n2cnc(C(C)(C)NC(=O)OC(C)(C)C)c2)cc1. The molecule has 2 rings (SSSR count). The molecule has 1 aromatic carbocycles.